The van der Waals surface area contributed by atoms with E-state index in [1.54, 1.807) is 0 Å². The highest BCUT2D eigenvalue weighted by atomic mass is 35.5. The second-order valence-electron chi connectivity index (χ2n) is 4.65. The van der Waals surface area contributed by atoms with E-state index in [4.69, 9.17) is 11.6 Å². The summed E-state index contributed by atoms with van der Waals surface area (Å²) in [5, 5.41) is 0.371. The fraction of sp³-hybridized carbons (Fsp3) is 1.00. The SMILES string of the molecule is CN(C)CCN(C)C1CCCCC1Cl. The smallest absolute Gasteiger partial charge is 0.0491 e. The third kappa shape index (κ3) is 3.76. The van der Waals surface area contributed by atoms with E-state index in [1.807, 2.05) is 0 Å². The predicted octanol–water partition coefficient (Wildman–Crippen LogP) is 2.03. The molecule has 0 N–H and O–H groups in total. The van der Waals surface area contributed by atoms with Gasteiger partial charge in [-0.1, -0.05) is 12.8 Å². The number of nitrogens with zero attached hydrogens (tertiary/aromatic N) is 2. The molecule has 0 spiro atoms. The molecule has 1 rings (SSSR count). The van der Waals surface area contributed by atoms with Gasteiger partial charge in [0.05, 0.1) is 0 Å². The van der Waals surface area contributed by atoms with Crippen molar-refractivity contribution in [3.63, 3.8) is 0 Å². The highest BCUT2D eigenvalue weighted by Crippen LogP contribution is 2.26. The van der Waals surface area contributed by atoms with Gasteiger partial charge >= 0.3 is 0 Å². The quantitative estimate of drug-likeness (QED) is 0.667. The lowest BCUT2D eigenvalue weighted by atomic mass is 9.94. The highest BCUT2D eigenvalue weighted by Gasteiger charge is 2.26. The molecule has 0 aliphatic heterocycles. The summed E-state index contributed by atoms with van der Waals surface area (Å²) >= 11 is 6.34. The Kier molecular flexibility index (Phi) is 5.21. The van der Waals surface area contributed by atoms with E-state index in [2.05, 4.69) is 30.9 Å². The number of likely N-dealkylation sites (N-methyl/N-ethyl adjacent to an activating group) is 2. The summed E-state index contributed by atoms with van der Waals surface area (Å²) in [4.78, 5) is 4.65. The fourth-order valence-corrected chi connectivity index (χ4v) is 2.56. The van der Waals surface area contributed by atoms with Crippen LogP contribution in [0.25, 0.3) is 0 Å². The zero-order valence-corrected chi connectivity index (χ0v) is 10.4. The number of hydrogen-bond donors (Lipinski definition) is 0. The molecule has 84 valence electrons. The Balaban J connectivity index is 2.30. The molecule has 0 aromatic carbocycles. The maximum atomic E-state index is 6.34. The molecule has 2 nitrogen and oxygen atoms in total. The Morgan fingerprint density at radius 3 is 2.29 bits per heavy atom. The molecule has 1 saturated carbocycles. The van der Waals surface area contributed by atoms with Crippen molar-refractivity contribution >= 4 is 11.6 Å². The van der Waals surface area contributed by atoms with Crippen molar-refractivity contribution in [3.8, 4) is 0 Å². The Labute approximate surface area is 93.2 Å². The first-order valence-corrected chi connectivity index (χ1v) is 6.04. The molecule has 2 atom stereocenters. The maximum absolute atomic E-state index is 6.34. The van der Waals surface area contributed by atoms with Gasteiger partial charge in [-0.15, -0.1) is 11.6 Å². The highest BCUT2D eigenvalue weighted by molar-refractivity contribution is 6.21. The second-order valence-corrected chi connectivity index (χ2v) is 5.21. The maximum Gasteiger partial charge on any atom is 0.0491 e. The molecule has 2 unspecified atom stereocenters. The normalized spacial score (nSPS) is 28.7. The van der Waals surface area contributed by atoms with Crippen molar-refractivity contribution < 1.29 is 0 Å². The molecular weight excluding hydrogens is 196 g/mol. The molecule has 1 aliphatic carbocycles. The average molecular weight is 219 g/mol. The molecule has 0 amide bonds. The molecule has 0 aromatic heterocycles. The van der Waals surface area contributed by atoms with Crippen LogP contribution in [0.1, 0.15) is 25.7 Å². The number of rotatable bonds is 4. The van der Waals surface area contributed by atoms with Crippen LogP contribution in [-0.2, 0) is 0 Å². The van der Waals surface area contributed by atoms with Crippen LogP contribution in [0.15, 0.2) is 0 Å². The van der Waals surface area contributed by atoms with Crippen LogP contribution in [-0.4, -0.2) is 55.5 Å². The molecule has 1 fully saturated rings. The van der Waals surface area contributed by atoms with Crippen LogP contribution >= 0.6 is 11.6 Å². The summed E-state index contributed by atoms with van der Waals surface area (Å²) in [5.74, 6) is 0. The predicted molar refractivity (Wildman–Crippen MR) is 63.1 cm³/mol. The molecule has 0 saturated heterocycles. The first kappa shape index (κ1) is 12.3. The van der Waals surface area contributed by atoms with E-state index in [0.29, 0.717) is 11.4 Å². The largest absolute Gasteiger partial charge is 0.308 e. The van der Waals surface area contributed by atoms with Crippen LogP contribution in [0, 0.1) is 0 Å². The lowest BCUT2D eigenvalue weighted by Gasteiger charge is -2.35. The molecule has 0 bridgehead atoms. The van der Waals surface area contributed by atoms with Gasteiger partial charge in [0.25, 0.3) is 0 Å². The van der Waals surface area contributed by atoms with E-state index in [9.17, 15) is 0 Å². The molecule has 0 radical (unpaired) electrons. The summed E-state index contributed by atoms with van der Waals surface area (Å²) in [6.07, 6.45) is 5.13. The lowest BCUT2D eigenvalue weighted by molar-refractivity contribution is 0.180. The fourth-order valence-electron chi connectivity index (χ4n) is 2.09. The minimum Gasteiger partial charge on any atom is -0.308 e. The number of halogens is 1. The van der Waals surface area contributed by atoms with E-state index in [-0.39, 0.29) is 0 Å². The molecule has 0 heterocycles. The molecule has 14 heavy (non-hydrogen) atoms. The molecular formula is C11H23ClN2. The van der Waals surface area contributed by atoms with Crippen molar-refractivity contribution in [3.05, 3.63) is 0 Å². The van der Waals surface area contributed by atoms with Gasteiger partial charge in [-0.25, -0.2) is 0 Å². The van der Waals surface area contributed by atoms with Crippen molar-refractivity contribution in [2.45, 2.75) is 37.1 Å². The summed E-state index contributed by atoms with van der Waals surface area (Å²) in [5.41, 5.74) is 0. The third-order valence-corrected chi connectivity index (χ3v) is 3.62. The van der Waals surface area contributed by atoms with Crippen LogP contribution in [0.5, 0.6) is 0 Å². The van der Waals surface area contributed by atoms with Crippen molar-refractivity contribution in [1.29, 1.82) is 0 Å². The second kappa shape index (κ2) is 5.94. The minimum absolute atomic E-state index is 0.371. The summed E-state index contributed by atoms with van der Waals surface area (Å²) in [6.45, 7) is 2.25. The third-order valence-electron chi connectivity index (χ3n) is 3.11. The van der Waals surface area contributed by atoms with E-state index in [1.165, 1.54) is 25.7 Å². The number of hydrogen-bond acceptors (Lipinski definition) is 2. The van der Waals surface area contributed by atoms with Gasteiger partial charge in [0.2, 0.25) is 0 Å². The summed E-state index contributed by atoms with van der Waals surface area (Å²) < 4.78 is 0. The van der Waals surface area contributed by atoms with Crippen LogP contribution in [0.3, 0.4) is 0 Å². The van der Waals surface area contributed by atoms with Gasteiger partial charge in [0.15, 0.2) is 0 Å². The zero-order chi connectivity index (χ0) is 10.6. The van der Waals surface area contributed by atoms with Crippen LogP contribution in [0.2, 0.25) is 0 Å². The van der Waals surface area contributed by atoms with Crippen molar-refractivity contribution in [1.82, 2.24) is 9.80 Å². The first-order valence-electron chi connectivity index (χ1n) is 5.60. The monoisotopic (exact) mass is 218 g/mol. The van der Waals surface area contributed by atoms with Crippen LogP contribution in [0.4, 0.5) is 0 Å². The standard InChI is InChI=1S/C11H23ClN2/c1-13(2)8-9-14(3)11-7-5-4-6-10(11)12/h10-11H,4-9H2,1-3H3. The summed E-state index contributed by atoms with van der Waals surface area (Å²) in [7, 11) is 6.44. The van der Waals surface area contributed by atoms with E-state index in [0.717, 1.165) is 13.1 Å². The van der Waals surface area contributed by atoms with Gasteiger partial charge in [0, 0.05) is 24.5 Å². The van der Waals surface area contributed by atoms with Crippen molar-refractivity contribution in [2.24, 2.45) is 0 Å². The molecule has 1 aliphatic rings. The molecule has 0 aromatic rings. The topological polar surface area (TPSA) is 6.48 Å². The van der Waals surface area contributed by atoms with Crippen molar-refractivity contribution in [2.75, 3.05) is 34.2 Å². The Hall–Kier alpha value is 0.210. The minimum atomic E-state index is 0.371. The van der Waals surface area contributed by atoms with Gasteiger partial charge in [0.1, 0.15) is 0 Å². The molecule has 3 heteroatoms. The van der Waals surface area contributed by atoms with E-state index < -0.39 is 0 Å². The van der Waals surface area contributed by atoms with Gasteiger partial charge in [-0.3, -0.25) is 0 Å². The summed E-state index contributed by atoms with van der Waals surface area (Å²) in [6, 6.07) is 0.602. The lowest BCUT2D eigenvalue weighted by Crippen LogP contribution is -2.43. The van der Waals surface area contributed by atoms with Gasteiger partial charge in [-0.2, -0.15) is 0 Å². The Morgan fingerprint density at radius 1 is 1.07 bits per heavy atom. The zero-order valence-electron chi connectivity index (χ0n) is 9.67. The number of alkyl halides is 1. The van der Waals surface area contributed by atoms with Gasteiger partial charge in [-0.05, 0) is 34.0 Å². The Bertz CT molecular complexity index is 161. The van der Waals surface area contributed by atoms with Crippen LogP contribution < -0.4 is 0 Å². The Morgan fingerprint density at radius 2 is 1.71 bits per heavy atom. The van der Waals surface area contributed by atoms with E-state index >= 15 is 0 Å². The first-order chi connectivity index (χ1) is 6.61. The average Bonchev–Trinajstić information content (AvgIpc) is 2.15. The van der Waals surface area contributed by atoms with Gasteiger partial charge < -0.3 is 9.80 Å².